The average molecular weight is 309 g/mol. The lowest BCUT2D eigenvalue weighted by Gasteiger charge is -2.32. The topological polar surface area (TPSA) is 68.1 Å². The van der Waals surface area contributed by atoms with E-state index in [0.29, 0.717) is 18.1 Å². The number of benzene rings is 1. The van der Waals surface area contributed by atoms with Gasteiger partial charge in [0, 0.05) is 38.8 Å². The zero-order chi connectivity index (χ0) is 15.9. The number of non-ortho nitro benzene ring substituents is 1. The molecule has 1 fully saturated rings. The van der Waals surface area contributed by atoms with Crippen molar-refractivity contribution in [2.24, 2.45) is 0 Å². The number of likely N-dealkylation sites (N-methyl/N-ethyl adjacent to an activating group) is 1. The summed E-state index contributed by atoms with van der Waals surface area (Å²) in [5.41, 5.74) is 0.00914. The van der Waals surface area contributed by atoms with Crippen molar-refractivity contribution in [2.45, 2.75) is 6.42 Å². The Morgan fingerprint density at radius 2 is 1.95 bits per heavy atom. The zero-order valence-corrected chi connectivity index (χ0v) is 13.2. The third kappa shape index (κ3) is 4.57. The number of hydrogen-bond donors (Lipinski definition) is 0. The van der Waals surface area contributed by atoms with Crippen LogP contribution in [-0.4, -0.2) is 68.2 Å². The Bertz CT molecular complexity index is 502. The van der Waals surface area contributed by atoms with E-state index in [1.807, 2.05) is 0 Å². The minimum Gasteiger partial charge on any atom is -0.493 e. The number of nitro benzene ring substituents is 1. The fourth-order valence-corrected chi connectivity index (χ4v) is 2.43. The summed E-state index contributed by atoms with van der Waals surface area (Å²) in [6.07, 6.45) is 0.884. The third-order valence-corrected chi connectivity index (χ3v) is 3.83. The van der Waals surface area contributed by atoms with Crippen LogP contribution in [0.4, 0.5) is 5.69 Å². The lowest BCUT2D eigenvalue weighted by Crippen LogP contribution is -2.44. The molecule has 1 aromatic carbocycles. The Labute approximate surface area is 130 Å². The molecule has 1 aliphatic heterocycles. The number of piperazine rings is 1. The first-order chi connectivity index (χ1) is 10.6. The molecule has 22 heavy (non-hydrogen) atoms. The van der Waals surface area contributed by atoms with Crippen LogP contribution in [0.3, 0.4) is 0 Å². The average Bonchev–Trinajstić information content (AvgIpc) is 2.53. The van der Waals surface area contributed by atoms with Crippen LogP contribution in [0.1, 0.15) is 6.42 Å². The van der Waals surface area contributed by atoms with Crippen molar-refractivity contribution in [1.29, 1.82) is 0 Å². The summed E-state index contributed by atoms with van der Waals surface area (Å²) < 4.78 is 10.8. The Morgan fingerprint density at radius 1 is 1.23 bits per heavy atom. The van der Waals surface area contributed by atoms with Gasteiger partial charge in [-0.3, -0.25) is 10.1 Å². The van der Waals surface area contributed by atoms with Gasteiger partial charge in [-0.15, -0.1) is 0 Å². The molecule has 1 aliphatic rings. The summed E-state index contributed by atoms with van der Waals surface area (Å²) in [5, 5.41) is 10.8. The summed E-state index contributed by atoms with van der Waals surface area (Å²) in [6, 6.07) is 4.39. The number of ether oxygens (including phenoxy) is 2. The van der Waals surface area contributed by atoms with Gasteiger partial charge in [0.15, 0.2) is 11.5 Å². The van der Waals surface area contributed by atoms with Gasteiger partial charge < -0.3 is 19.3 Å². The molecule has 1 saturated heterocycles. The number of rotatable bonds is 7. The van der Waals surface area contributed by atoms with Crippen LogP contribution in [0.2, 0.25) is 0 Å². The summed E-state index contributed by atoms with van der Waals surface area (Å²) in [4.78, 5) is 15.1. The second kappa shape index (κ2) is 7.95. The predicted octanol–water partition coefficient (Wildman–Crippen LogP) is 1.62. The molecule has 2 rings (SSSR count). The van der Waals surface area contributed by atoms with Crippen LogP contribution < -0.4 is 9.47 Å². The van der Waals surface area contributed by atoms with Gasteiger partial charge in [0.25, 0.3) is 5.69 Å². The molecule has 0 saturated carbocycles. The van der Waals surface area contributed by atoms with E-state index in [9.17, 15) is 10.1 Å². The van der Waals surface area contributed by atoms with E-state index in [1.54, 1.807) is 6.07 Å². The summed E-state index contributed by atoms with van der Waals surface area (Å²) in [5.74, 6) is 0.945. The number of methoxy groups -OCH3 is 1. The summed E-state index contributed by atoms with van der Waals surface area (Å²) >= 11 is 0. The third-order valence-electron chi connectivity index (χ3n) is 3.83. The minimum absolute atomic E-state index is 0.00914. The van der Waals surface area contributed by atoms with Crippen LogP contribution in [-0.2, 0) is 0 Å². The van der Waals surface area contributed by atoms with Crippen molar-refractivity contribution < 1.29 is 14.4 Å². The molecule has 1 heterocycles. The molecule has 0 bridgehead atoms. The predicted molar refractivity (Wildman–Crippen MR) is 83.7 cm³/mol. The van der Waals surface area contributed by atoms with Gasteiger partial charge in [-0.2, -0.15) is 0 Å². The molecular weight excluding hydrogens is 286 g/mol. The van der Waals surface area contributed by atoms with Crippen LogP contribution in [0, 0.1) is 10.1 Å². The molecule has 0 aliphatic carbocycles. The molecule has 0 amide bonds. The standard InChI is InChI=1S/C15H23N3O4/c1-16-7-9-17(10-8-16)6-3-11-22-15-12-13(18(19)20)4-5-14(15)21-2/h4-5,12H,3,6-11H2,1-2H3. The Morgan fingerprint density at radius 3 is 2.59 bits per heavy atom. The molecule has 0 radical (unpaired) electrons. The molecule has 7 nitrogen and oxygen atoms in total. The molecule has 0 N–H and O–H groups in total. The van der Waals surface area contributed by atoms with E-state index in [1.165, 1.54) is 19.2 Å². The van der Waals surface area contributed by atoms with E-state index in [2.05, 4.69) is 16.8 Å². The first kappa shape index (κ1) is 16.5. The lowest BCUT2D eigenvalue weighted by atomic mass is 10.2. The van der Waals surface area contributed by atoms with Gasteiger partial charge in [-0.1, -0.05) is 0 Å². The van der Waals surface area contributed by atoms with Crippen molar-refractivity contribution in [3.63, 3.8) is 0 Å². The van der Waals surface area contributed by atoms with Gasteiger partial charge in [0.2, 0.25) is 0 Å². The van der Waals surface area contributed by atoms with Crippen LogP contribution >= 0.6 is 0 Å². The second-order valence-electron chi connectivity index (χ2n) is 5.44. The van der Waals surface area contributed by atoms with E-state index in [-0.39, 0.29) is 5.69 Å². The highest BCUT2D eigenvalue weighted by Gasteiger charge is 2.14. The van der Waals surface area contributed by atoms with Crippen LogP contribution in [0.5, 0.6) is 11.5 Å². The largest absolute Gasteiger partial charge is 0.493 e. The zero-order valence-electron chi connectivity index (χ0n) is 13.2. The maximum absolute atomic E-state index is 10.8. The number of nitro groups is 1. The molecular formula is C15H23N3O4. The van der Waals surface area contributed by atoms with E-state index in [4.69, 9.17) is 9.47 Å². The molecule has 122 valence electrons. The van der Waals surface area contributed by atoms with E-state index >= 15 is 0 Å². The highest BCUT2D eigenvalue weighted by molar-refractivity contribution is 5.48. The van der Waals surface area contributed by atoms with Crippen molar-refractivity contribution in [1.82, 2.24) is 9.80 Å². The highest BCUT2D eigenvalue weighted by Crippen LogP contribution is 2.31. The smallest absolute Gasteiger partial charge is 0.273 e. The maximum Gasteiger partial charge on any atom is 0.273 e. The van der Waals surface area contributed by atoms with Gasteiger partial charge in [-0.05, 0) is 19.5 Å². The van der Waals surface area contributed by atoms with Gasteiger partial charge in [0.1, 0.15) is 0 Å². The van der Waals surface area contributed by atoms with Crippen molar-refractivity contribution in [2.75, 3.05) is 53.5 Å². The van der Waals surface area contributed by atoms with Crippen molar-refractivity contribution >= 4 is 5.69 Å². The van der Waals surface area contributed by atoms with E-state index in [0.717, 1.165) is 39.1 Å². The van der Waals surface area contributed by atoms with Gasteiger partial charge in [-0.25, -0.2) is 0 Å². The Hall–Kier alpha value is -1.86. The number of hydrogen-bond acceptors (Lipinski definition) is 6. The highest BCUT2D eigenvalue weighted by atomic mass is 16.6. The molecule has 0 unspecified atom stereocenters. The van der Waals surface area contributed by atoms with Crippen LogP contribution in [0.15, 0.2) is 18.2 Å². The Kier molecular flexibility index (Phi) is 5.97. The normalized spacial score (nSPS) is 16.5. The van der Waals surface area contributed by atoms with Gasteiger partial charge in [0.05, 0.1) is 24.7 Å². The second-order valence-corrected chi connectivity index (χ2v) is 5.44. The monoisotopic (exact) mass is 309 g/mol. The van der Waals surface area contributed by atoms with Crippen molar-refractivity contribution in [3.8, 4) is 11.5 Å². The molecule has 1 aromatic rings. The summed E-state index contributed by atoms with van der Waals surface area (Å²) in [6.45, 7) is 5.85. The summed E-state index contributed by atoms with van der Waals surface area (Å²) in [7, 11) is 3.66. The van der Waals surface area contributed by atoms with Gasteiger partial charge >= 0.3 is 0 Å². The van der Waals surface area contributed by atoms with Crippen molar-refractivity contribution in [3.05, 3.63) is 28.3 Å². The lowest BCUT2D eigenvalue weighted by molar-refractivity contribution is -0.385. The Balaban J connectivity index is 1.80. The fraction of sp³-hybridized carbons (Fsp3) is 0.600. The first-order valence-corrected chi connectivity index (χ1v) is 7.46. The number of nitrogens with zero attached hydrogens (tertiary/aromatic N) is 3. The first-order valence-electron chi connectivity index (χ1n) is 7.46. The minimum atomic E-state index is -0.434. The molecule has 7 heteroatoms. The molecule has 0 aromatic heterocycles. The van der Waals surface area contributed by atoms with E-state index < -0.39 is 4.92 Å². The maximum atomic E-state index is 10.8. The SMILES string of the molecule is COc1ccc([N+](=O)[O-])cc1OCCCN1CCN(C)CC1. The quantitative estimate of drug-likeness (QED) is 0.433. The molecule has 0 atom stereocenters. The molecule has 0 spiro atoms. The fourth-order valence-electron chi connectivity index (χ4n) is 2.43. The van der Waals surface area contributed by atoms with Crippen LogP contribution in [0.25, 0.3) is 0 Å².